The largest absolute Gasteiger partial charge is 0.344 e. The number of rotatable bonds is 3. The number of pyridine rings is 1. The molecule has 0 aliphatic rings. The number of fused-ring (bicyclic) bond motifs is 1. The SMILES string of the molecule is Cc1ccc(Sc2cn(C(C)C)c3ccccc3c2=O)cc1. The molecule has 0 fully saturated rings. The highest BCUT2D eigenvalue weighted by molar-refractivity contribution is 7.99. The maximum absolute atomic E-state index is 12.7. The average molecular weight is 309 g/mol. The van der Waals surface area contributed by atoms with Crippen LogP contribution in [0.3, 0.4) is 0 Å². The van der Waals surface area contributed by atoms with Gasteiger partial charge < -0.3 is 4.57 Å². The molecule has 2 aromatic carbocycles. The summed E-state index contributed by atoms with van der Waals surface area (Å²) >= 11 is 1.54. The summed E-state index contributed by atoms with van der Waals surface area (Å²) < 4.78 is 2.17. The third-order valence-electron chi connectivity index (χ3n) is 3.71. The number of aryl methyl sites for hydroxylation is 1. The molecule has 3 rings (SSSR count). The van der Waals surface area contributed by atoms with Gasteiger partial charge in [0.25, 0.3) is 0 Å². The van der Waals surface area contributed by atoms with E-state index in [1.165, 1.54) is 17.3 Å². The molecule has 0 radical (unpaired) electrons. The molecule has 3 aromatic rings. The van der Waals surface area contributed by atoms with E-state index in [1.807, 2.05) is 30.5 Å². The summed E-state index contributed by atoms with van der Waals surface area (Å²) in [6.07, 6.45) is 1.99. The number of hydrogen-bond donors (Lipinski definition) is 0. The predicted molar refractivity (Wildman–Crippen MR) is 93.9 cm³/mol. The molecule has 1 aromatic heterocycles. The molecule has 0 saturated heterocycles. The Bertz CT molecular complexity index is 863. The lowest BCUT2D eigenvalue weighted by Crippen LogP contribution is -2.12. The van der Waals surface area contributed by atoms with Crippen molar-refractivity contribution < 1.29 is 0 Å². The van der Waals surface area contributed by atoms with E-state index < -0.39 is 0 Å². The van der Waals surface area contributed by atoms with Gasteiger partial charge in [-0.1, -0.05) is 41.6 Å². The fourth-order valence-corrected chi connectivity index (χ4v) is 3.41. The van der Waals surface area contributed by atoms with Crippen LogP contribution in [0.4, 0.5) is 0 Å². The summed E-state index contributed by atoms with van der Waals surface area (Å²) in [4.78, 5) is 14.6. The zero-order valence-corrected chi connectivity index (χ0v) is 13.9. The highest BCUT2D eigenvalue weighted by atomic mass is 32.2. The zero-order valence-electron chi connectivity index (χ0n) is 13.0. The lowest BCUT2D eigenvalue weighted by atomic mass is 10.2. The van der Waals surface area contributed by atoms with Crippen molar-refractivity contribution in [2.45, 2.75) is 36.6 Å². The Morgan fingerprint density at radius 2 is 1.68 bits per heavy atom. The van der Waals surface area contributed by atoms with Crippen LogP contribution in [0, 0.1) is 6.92 Å². The molecule has 0 unspecified atom stereocenters. The molecular formula is C19H19NOS. The van der Waals surface area contributed by atoms with Crippen molar-refractivity contribution >= 4 is 22.7 Å². The van der Waals surface area contributed by atoms with Crippen LogP contribution in [-0.2, 0) is 0 Å². The molecule has 22 heavy (non-hydrogen) atoms. The molecular weight excluding hydrogens is 290 g/mol. The van der Waals surface area contributed by atoms with Gasteiger partial charge in [0.05, 0.1) is 10.4 Å². The van der Waals surface area contributed by atoms with Crippen LogP contribution in [0.15, 0.2) is 69.3 Å². The molecule has 0 aliphatic heterocycles. The Kier molecular flexibility index (Phi) is 4.08. The second-order valence-corrected chi connectivity index (χ2v) is 6.87. The Labute approximate surface area is 134 Å². The van der Waals surface area contributed by atoms with E-state index in [0.717, 1.165) is 20.7 Å². The van der Waals surface area contributed by atoms with Gasteiger partial charge in [-0.05, 0) is 45.0 Å². The van der Waals surface area contributed by atoms with Gasteiger partial charge in [-0.2, -0.15) is 0 Å². The molecule has 0 atom stereocenters. The Morgan fingerprint density at radius 1 is 1.00 bits per heavy atom. The van der Waals surface area contributed by atoms with Gasteiger partial charge in [0, 0.05) is 22.5 Å². The fraction of sp³-hybridized carbons (Fsp3) is 0.211. The highest BCUT2D eigenvalue weighted by Crippen LogP contribution is 2.28. The monoisotopic (exact) mass is 309 g/mol. The quantitative estimate of drug-likeness (QED) is 0.676. The van der Waals surface area contributed by atoms with Crippen LogP contribution in [0.1, 0.15) is 25.5 Å². The van der Waals surface area contributed by atoms with E-state index in [0.29, 0.717) is 6.04 Å². The minimum atomic E-state index is 0.109. The molecule has 0 aliphatic carbocycles. The number of hydrogen-bond acceptors (Lipinski definition) is 2. The van der Waals surface area contributed by atoms with Gasteiger partial charge in [0.15, 0.2) is 0 Å². The lowest BCUT2D eigenvalue weighted by molar-refractivity contribution is 0.611. The molecule has 1 heterocycles. The maximum atomic E-state index is 12.7. The predicted octanol–water partition coefficient (Wildman–Crippen LogP) is 5.04. The van der Waals surface area contributed by atoms with E-state index in [-0.39, 0.29) is 5.43 Å². The summed E-state index contributed by atoms with van der Waals surface area (Å²) in [7, 11) is 0. The van der Waals surface area contributed by atoms with Crippen LogP contribution in [0.25, 0.3) is 10.9 Å². The van der Waals surface area contributed by atoms with Crippen molar-refractivity contribution in [3.8, 4) is 0 Å². The van der Waals surface area contributed by atoms with E-state index in [2.05, 4.69) is 49.6 Å². The summed E-state index contributed by atoms with van der Waals surface area (Å²) in [5, 5.41) is 0.785. The van der Waals surface area contributed by atoms with Crippen LogP contribution in [0.5, 0.6) is 0 Å². The molecule has 3 heteroatoms. The first-order valence-electron chi connectivity index (χ1n) is 7.44. The van der Waals surface area contributed by atoms with Crippen molar-refractivity contribution in [3.63, 3.8) is 0 Å². The minimum absolute atomic E-state index is 0.109. The minimum Gasteiger partial charge on any atom is -0.344 e. The topological polar surface area (TPSA) is 22.0 Å². The molecule has 0 spiro atoms. The number of aromatic nitrogens is 1. The van der Waals surface area contributed by atoms with Crippen molar-refractivity contribution in [1.82, 2.24) is 4.57 Å². The van der Waals surface area contributed by atoms with Gasteiger partial charge in [0.2, 0.25) is 5.43 Å². The van der Waals surface area contributed by atoms with Gasteiger partial charge >= 0.3 is 0 Å². The second kappa shape index (κ2) is 6.01. The standard InChI is InChI=1S/C19H19NOS/c1-13(2)20-12-18(22-15-10-8-14(3)9-11-15)19(21)16-6-4-5-7-17(16)20/h4-13H,1-3H3. The average Bonchev–Trinajstić information content (AvgIpc) is 2.52. The molecule has 0 bridgehead atoms. The Balaban J connectivity index is 2.15. The molecule has 0 amide bonds. The number of nitrogens with zero attached hydrogens (tertiary/aromatic N) is 1. The first-order chi connectivity index (χ1) is 10.6. The summed E-state index contributed by atoms with van der Waals surface area (Å²) in [5.41, 5.74) is 2.33. The number of para-hydroxylation sites is 1. The van der Waals surface area contributed by atoms with E-state index in [1.54, 1.807) is 0 Å². The van der Waals surface area contributed by atoms with Gasteiger partial charge in [-0.3, -0.25) is 4.79 Å². The molecule has 2 nitrogen and oxygen atoms in total. The van der Waals surface area contributed by atoms with Gasteiger partial charge in [-0.15, -0.1) is 0 Å². The molecule has 112 valence electrons. The third kappa shape index (κ3) is 2.81. The van der Waals surface area contributed by atoms with E-state index in [9.17, 15) is 4.79 Å². The smallest absolute Gasteiger partial charge is 0.203 e. The number of benzene rings is 2. The Hall–Kier alpha value is -2.00. The van der Waals surface area contributed by atoms with Crippen molar-refractivity contribution in [1.29, 1.82) is 0 Å². The second-order valence-electron chi connectivity index (χ2n) is 5.76. The Morgan fingerprint density at radius 3 is 2.36 bits per heavy atom. The fourth-order valence-electron chi connectivity index (χ4n) is 2.51. The van der Waals surface area contributed by atoms with Crippen LogP contribution in [-0.4, -0.2) is 4.57 Å². The first-order valence-corrected chi connectivity index (χ1v) is 8.26. The third-order valence-corrected chi connectivity index (χ3v) is 4.73. The van der Waals surface area contributed by atoms with Gasteiger partial charge in [-0.25, -0.2) is 0 Å². The van der Waals surface area contributed by atoms with Crippen LogP contribution < -0.4 is 5.43 Å². The maximum Gasteiger partial charge on any atom is 0.203 e. The van der Waals surface area contributed by atoms with Crippen LogP contribution in [0.2, 0.25) is 0 Å². The summed E-state index contributed by atoms with van der Waals surface area (Å²) in [6.45, 7) is 6.34. The molecule has 0 saturated carbocycles. The van der Waals surface area contributed by atoms with Crippen molar-refractivity contribution in [3.05, 3.63) is 70.5 Å². The zero-order chi connectivity index (χ0) is 15.7. The first kappa shape index (κ1) is 14.9. The van der Waals surface area contributed by atoms with E-state index >= 15 is 0 Å². The highest BCUT2D eigenvalue weighted by Gasteiger charge is 2.11. The van der Waals surface area contributed by atoms with Crippen molar-refractivity contribution in [2.24, 2.45) is 0 Å². The van der Waals surface area contributed by atoms with Crippen molar-refractivity contribution in [2.75, 3.05) is 0 Å². The van der Waals surface area contributed by atoms with Crippen LogP contribution >= 0.6 is 11.8 Å². The normalized spacial score (nSPS) is 11.3. The van der Waals surface area contributed by atoms with E-state index in [4.69, 9.17) is 0 Å². The van der Waals surface area contributed by atoms with Gasteiger partial charge in [0.1, 0.15) is 0 Å². The summed E-state index contributed by atoms with van der Waals surface area (Å²) in [5.74, 6) is 0. The molecule has 0 N–H and O–H groups in total. The lowest BCUT2D eigenvalue weighted by Gasteiger charge is -2.16. The summed E-state index contributed by atoms with van der Waals surface area (Å²) in [6, 6.07) is 16.4.